The van der Waals surface area contributed by atoms with Crippen molar-refractivity contribution in [2.45, 2.75) is 39.0 Å². The number of nitrogens with one attached hydrogen (secondary N) is 1. The second kappa shape index (κ2) is 9.21. The molecule has 0 spiro atoms. The molecule has 2 aromatic rings. The number of carbonyl (C=O) groups is 2. The van der Waals surface area contributed by atoms with Crippen LogP contribution in [0.5, 0.6) is 11.5 Å². The number of ether oxygens (including phenoxy) is 2. The van der Waals surface area contributed by atoms with Gasteiger partial charge in [-0.2, -0.15) is 0 Å². The van der Waals surface area contributed by atoms with Gasteiger partial charge in [0.05, 0.1) is 13.2 Å². The van der Waals surface area contributed by atoms with Crippen LogP contribution in [0.4, 0.5) is 5.69 Å². The minimum atomic E-state index is -0.194. The third-order valence-corrected chi connectivity index (χ3v) is 4.42. The van der Waals surface area contributed by atoms with E-state index < -0.39 is 0 Å². The molecular weight excluding hydrogens is 342 g/mol. The zero-order valence-corrected chi connectivity index (χ0v) is 15.6. The van der Waals surface area contributed by atoms with E-state index in [1.807, 2.05) is 24.3 Å². The first-order chi connectivity index (χ1) is 13.2. The van der Waals surface area contributed by atoms with Gasteiger partial charge in [0, 0.05) is 36.6 Å². The van der Waals surface area contributed by atoms with E-state index in [0.717, 1.165) is 19.3 Å². The van der Waals surface area contributed by atoms with E-state index in [1.165, 1.54) is 5.56 Å². The minimum absolute atomic E-state index is 0.0214. The summed E-state index contributed by atoms with van der Waals surface area (Å²) >= 11 is 0. The maximum absolute atomic E-state index is 12.3. The Kier molecular flexibility index (Phi) is 6.47. The van der Waals surface area contributed by atoms with Crippen LogP contribution in [0.15, 0.2) is 42.5 Å². The van der Waals surface area contributed by atoms with Crippen LogP contribution >= 0.6 is 0 Å². The molecule has 142 valence electrons. The molecule has 1 aliphatic heterocycles. The van der Waals surface area contributed by atoms with Crippen LogP contribution in [-0.4, -0.2) is 24.9 Å². The van der Waals surface area contributed by atoms with Crippen molar-refractivity contribution in [3.63, 3.8) is 0 Å². The topological polar surface area (TPSA) is 64.6 Å². The van der Waals surface area contributed by atoms with Gasteiger partial charge < -0.3 is 14.8 Å². The lowest BCUT2D eigenvalue weighted by Gasteiger charge is -2.10. The molecule has 27 heavy (non-hydrogen) atoms. The number of anilines is 1. The van der Waals surface area contributed by atoms with Gasteiger partial charge in [-0.25, -0.2) is 0 Å². The first-order valence-corrected chi connectivity index (χ1v) is 9.47. The Morgan fingerprint density at radius 3 is 2.44 bits per heavy atom. The summed E-state index contributed by atoms with van der Waals surface area (Å²) in [5, 5.41) is 2.82. The number of amides is 1. The lowest BCUT2D eigenvalue weighted by atomic mass is 10.0. The lowest BCUT2D eigenvalue weighted by molar-refractivity contribution is -0.116. The smallest absolute Gasteiger partial charge is 0.224 e. The molecule has 0 fully saturated rings. The number of benzene rings is 2. The van der Waals surface area contributed by atoms with Gasteiger partial charge in [-0.3, -0.25) is 9.59 Å². The van der Waals surface area contributed by atoms with E-state index >= 15 is 0 Å². The summed E-state index contributed by atoms with van der Waals surface area (Å²) < 4.78 is 11.2. The molecule has 0 unspecified atom stereocenters. The number of carbonyl (C=O) groups excluding carboxylic acids is 2. The summed E-state index contributed by atoms with van der Waals surface area (Å²) in [4.78, 5) is 24.5. The fourth-order valence-corrected chi connectivity index (χ4v) is 2.98. The predicted octanol–water partition coefficient (Wildman–Crippen LogP) is 4.40. The number of rotatable bonds is 7. The number of hydrogen-bond donors (Lipinski definition) is 1. The summed E-state index contributed by atoms with van der Waals surface area (Å²) in [6, 6.07) is 13.0. The van der Waals surface area contributed by atoms with Gasteiger partial charge in [0.25, 0.3) is 0 Å². The highest BCUT2D eigenvalue weighted by Crippen LogP contribution is 2.32. The Balaban J connectivity index is 1.52. The Bertz CT molecular complexity index is 798. The Labute approximate surface area is 159 Å². The molecule has 0 radical (unpaired) electrons. The van der Waals surface area contributed by atoms with Crippen molar-refractivity contribution in [2.75, 3.05) is 18.5 Å². The second-order valence-corrected chi connectivity index (χ2v) is 6.63. The van der Waals surface area contributed by atoms with Crippen molar-refractivity contribution in [1.82, 2.24) is 0 Å². The average Bonchev–Trinajstić information content (AvgIpc) is 2.92. The average molecular weight is 367 g/mol. The van der Waals surface area contributed by atoms with Crippen molar-refractivity contribution in [3.8, 4) is 11.5 Å². The molecule has 5 heteroatoms. The predicted molar refractivity (Wildman–Crippen MR) is 105 cm³/mol. The zero-order chi connectivity index (χ0) is 19.1. The van der Waals surface area contributed by atoms with Gasteiger partial charge >= 0.3 is 0 Å². The molecule has 0 saturated heterocycles. The highest BCUT2D eigenvalue weighted by atomic mass is 16.5. The highest BCUT2D eigenvalue weighted by molar-refractivity contribution is 6.00. The van der Waals surface area contributed by atoms with Gasteiger partial charge in [-0.15, -0.1) is 0 Å². The molecule has 0 bridgehead atoms. The quantitative estimate of drug-likeness (QED) is 0.737. The van der Waals surface area contributed by atoms with E-state index in [2.05, 4.69) is 12.2 Å². The maximum Gasteiger partial charge on any atom is 0.224 e. The van der Waals surface area contributed by atoms with Gasteiger partial charge in [0.2, 0.25) is 5.91 Å². The monoisotopic (exact) mass is 367 g/mol. The van der Waals surface area contributed by atoms with Crippen LogP contribution in [0, 0.1) is 0 Å². The first kappa shape index (κ1) is 19.0. The van der Waals surface area contributed by atoms with Crippen molar-refractivity contribution in [2.24, 2.45) is 0 Å². The van der Waals surface area contributed by atoms with Crippen LogP contribution < -0.4 is 14.8 Å². The summed E-state index contributed by atoms with van der Waals surface area (Å²) in [6.07, 6.45) is 3.24. The Morgan fingerprint density at radius 1 is 0.963 bits per heavy atom. The largest absolute Gasteiger partial charge is 0.490 e. The fourth-order valence-electron chi connectivity index (χ4n) is 2.98. The first-order valence-electron chi connectivity index (χ1n) is 9.47. The summed E-state index contributed by atoms with van der Waals surface area (Å²) in [6.45, 7) is 3.34. The number of Topliss-reactive ketones (excluding diaryl/α,β-unsaturated/α-hetero) is 1. The summed E-state index contributed by atoms with van der Waals surface area (Å²) in [5.41, 5.74) is 2.51. The van der Waals surface area contributed by atoms with Crippen molar-refractivity contribution >= 4 is 17.4 Å². The van der Waals surface area contributed by atoms with Crippen molar-refractivity contribution in [1.29, 1.82) is 0 Å². The van der Waals surface area contributed by atoms with Crippen LogP contribution in [0.1, 0.15) is 48.5 Å². The molecular formula is C22H25NO4. The molecule has 0 aromatic heterocycles. The molecule has 1 N–H and O–H groups in total. The molecule has 1 amide bonds. The van der Waals surface area contributed by atoms with Crippen molar-refractivity contribution < 1.29 is 19.1 Å². The van der Waals surface area contributed by atoms with E-state index in [4.69, 9.17) is 9.47 Å². The van der Waals surface area contributed by atoms with E-state index in [9.17, 15) is 9.59 Å². The molecule has 0 aliphatic carbocycles. The van der Waals surface area contributed by atoms with Crippen LogP contribution in [0.2, 0.25) is 0 Å². The number of ketones is 1. The molecule has 1 heterocycles. The zero-order valence-electron chi connectivity index (χ0n) is 15.6. The van der Waals surface area contributed by atoms with Crippen LogP contribution in [-0.2, 0) is 11.2 Å². The number of aryl methyl sites for hydroxylation is 1. The van der Waals surface area contributed by atoms with E-state index in [1.54, 1.807) is 18.2 Å². The third kappa shape index (κ3) is 5.33. The minimum Gasteiger partial charge on any atom is -0.490 e. The number of fused-ring (bicyclic) bond motifs is 1. The molecule has 1 aliphatic rings. The van der Waals surface area contributed by atoms with E-state index in [-0.39, 0.29) is 24.5 Å². The molecule has 2 aromatic carbocycles. The Hall–Kier alpha value is -2.82. The van der Waals surface area contributed by atoms with Crippen LogP contribution in [0.3, 0.4) is 0 Å². The molecule has 3 rings (SSSR count). The second-order valence-electron chi connectivity index (χ2n) is 6.63. The molecule has 5 nitrogen and oxygen atoms in total. The summed E-state index contributed by atoms with van der Waals surface area (Å²) in [7, 11) is 0. The van der Waals surface area contributed by atoms with Gasteiger partial charge in [-0.05, 0) is 24.1 Å². The van der Waals surface area contributed by atoms with Crippen molar-refractivity contribution in [3.05, 3.63) is 53.6 Å². The van der Waals surface area contributed by atoms with Gasteiger partial charge in [0.1, 0.15) is 0 Å². The third-order valence-electron chi connectivity index (χ3n) is 4.42. The standard InChI is InChI=1S/C22H25NO4/c1-2-4-16-5-7-17(8-6-16)19(24)10-12-22(25)23-18-9-11-20-21(15-18)27-14-3-13-26-20/h5-9,11,15H,2-4,10,12-14H2,1H3,(H,23,25). The van der Waals surface area contributed by atoms with Crippen LogP contribution in [0.25, 0.3) is 0 Å². The summed E-state index contributed by atoms with van der Waals surface area (Å²) in [5.74, 6) is 1.10. The maximum atomic E-state index is 12.3. The fraction of sp³-hybridized carbons (Fsp3) is 0.364. The number of hydrogen-bond acceptors (Lipinski definition) is 4. The highest BCUT2D eigenvalue weighted by Gasteiger charge is 2.13. The lowest BCUT2D eigenvalue weighted by Crippen LogP contribution is -2.13. The Morgan fingerprint density at radius 2 is 1.70 bits per heavy atom. The SMILES string of the molecule is CCCc1ccc(C(=O)CCC(=O)Nc2ccc3c(c2)OCCCO3)cc1. The normalized spacial score (nSPS) is 12.9. The molecule has 0 saturated carbocycles. The molecule has 0 atom stereocenters. The van der Waals surface area contributed by atoms with E-state index in [0.29, 0.717) is 36.0 Å². The van der Waals surface area contributed by atoms with Gasteiger partial charge in [-0.1, -0.05) is 37.6 Å². The van der Waals surface area contributed by atoms with Gasteiger partial charge in [0.15, 0.2) is 17.3 Å².